The first-order valence-electron chi connectivity index (χ1n) is 15.2. The van der Waals surface area contributed by atoms with Gasteiger partial charge in [0.25, 0.3) is 0 Å². The summed E-state index contributed by atoms with van der Waals surface area (Å²) in [5, 5.41) is 24.0. The molecule has 0 radical (unpaired) electrons. The molecule has 288 valence electrons. The molecule has 2 saturated heterocycles. The van der Waals surface area contributed by atoms with Crippen LogP contribution in [-0.2, 0) is 81.0 Å². The number of rotatable bonds is 18. The molecular weight excluding hydrogens is 680 g/mol. The summed E-state index contributed by atoms with van der Waals surface area (Å²) in [6.07, 6.45) is -1.76. The summed E-state index contributed by atoms with van der Waals surface area (Å²) >= 11 is 0. The Labute approximate surface area is 288 Å². The van der Waals surface area contributed by atoms with E-state index in [0.717, 1.165) is 0 Å². The summed E-state index contributed by atoms with van der Waals surface area (Å²) in [7, 11) is 1.41. The maximum absolute atomic E-state index is 11.5. The Balaban J connectivity index is 0. The molecule has 20 heteroatoms. The average Bonchev–Trinajstić information content (AvgIpc) is 3.09. The van der Waals surface area contributed by atoms with E-state index in [-0.39, 0.29) is 90.7 Å². The van der Waals surface area contributed by atoms with E-state index in [1.807, 2.05) is 0 Å². The van der Waals surface area contributed by atoms with Gasteiger partial charge in [0.2, 0.25) is 0 Å². The number of esters is 6. The van der Waals surface area contributed by atoms with Crippen LogP contribution < -0.4 is 0 Å². The van der Waals surface area contributed by atoms with Crippen molar-refractivity contribution in [1.29, 1.82) is 0 Å². The minimum Gasteiger partial charge on any atom is -0.465 e. The number of aliphatic hydroxyl groups is 3. The number of methoxy groups -OCH3 is 1. The number of carbonyl (C=O) groups excluding carboxylic acids is 8. The van der Waals surface area contributed by atoms with Crippen molar-refractivity contribution in [3.8, 4) is 0 Å². The van der Waals surface area contributed by atoms with Crippen LogP contribution in [0.1, 0.15) is 40.5 Å². The van der Waals surface area contributed by atoms with Gasteiger partial charge in [0.15, 0.2) is 37.0 Å². The van der Waals surface area contributed by atoms with Crippen molar-refractivity contribution < 1.29 is 96.3 Å². The van der Waals surface area contributed by atoms with Gasteiger partial charge in [-0.25, -0.2) is 19.2 Å². The second-order valence-corrected chi connectivity index (χ2v) is 9.93. The Bertz CT molecular complexity index is 965. The lowest BCUT2D eigenvalue weighted by Gasteiger charge is -2.22. The number of hydrogen-bond acceptors (Lipinski definition) is 20. The van der Waals surface area contributed by atoms with Gasteiger partial charge in [0, 0.05) is 13.5 Å². The van der Waals surface area contributed by atoms with Crippen molar-refractivity contribution in [2.75, 3.05) is 79.8 Å². The molecule has 2 heterocycles. The van der Waals surface area contributed by atoms with Crippen LogP contribution in [0.25, 0.3) is 0 Å². The minimum atomic E-state index is -0.747. The number of carbonyl (C=O) groups is 8. The van der Waals surface area contributed by atoms with Crippen molar-refractivity contribution in [1.82, 2.24) is 0 Å². The van der Waals surface area contributed by atoms with E-state index in [0.29, 0.717) is 6.42 Å². The SMILES string of the molecule is CC1OC(=O)C(C)OC1=O.COC(C)C(=O)COCC(=O)COCCCOC(=O)CCOC(=O)C(C)CO.O=C1COC(=O)CO1.OCCO. The van der Waals surface area contributed by atoms with Crippen LogP contribution >= 0.6 is 0 Å². The summed E-state index contributed by atoms with van der Waals surface area (Å²) in [5.41, 5.74) is 0. The molecule has 0 saturated carbocycles. The van der Waals surface area contributed by atoms with Gasteiger partial charge >= 0.3 is 35.8 Å². The maximum Gasteiger partial charge on any atom is 0.347 e. The highest BCUT2D eigenvalue weighted by molar-refractivity contribution is 5.87. The second kappa shape index (κ2) is 29.8. The fourth-order valence-electron chi connectivity index (χ4n) is 2.61. The van der Waals surface area contributed by atoms with Crippen LogP contribution in [-0.4, -0.2) is 161 Å². The Kier molecular flexibility index (Phi) is 28.6. The molecule has 2 aliphatic rings. The van der Waals surface area contributed by atoms with Crippen molar-refractivity contribution in [3.63, 3.8) is 0 Å². The van der Waals surface area contributed by atoms with Crippen molar-refractivity contribution in [2.24, 2.45) is 5.92 Å². The van der Waals surface area contributed by atoms with Crippen molar-refractivity contribution in [3.05, 3.63) is 0 Å². The molecule has 4 atom stereocenters. The number of aliphatic hydroxyl groups excluding tert-OH is 3. The molecular formula is C30H48O20. The normalized spacial score (nSPS) is 17.5. The zero-order valence-electron chi connectivity index (χ0n) is 28.8. The van der Waals surface area contributed by atoms with E-state index in [1.54, 1.807) is 6.92 Å². The van der Waals surface area contributed by atoms with Crippen LogP contribution in [0.4, 0.5) is 0 Å². The number of ketones is 2. The minimum absolute atomic E-state index is 0.0824. The highest BCUT2D eigenvalue weighted by Gasteiger charge is 2.32. The van der Waals surface area contributed by atoms with Crippen LogP contribution in [0.3, 0.4) is 0 Å². The molecule has 20 nitrogen and oxygen atoms in total. The van der Waals surface area contributed by atoms with Gasteiger partial charge in [-0.2, -0.15) is 0 Å². The quantitative estimate of drug-likeness (QED) is 0.0754. The predicted octanol–water partition coefficient (Wildman–Crippen LogP) is -2.39. The summed E-state index contributed by atoms with van der Waals surface area (Å²) in [4.78, 5) is 87.2. The molecule has 0 aromatic rings. The lowest BCUT2D eigenvalue weighted by molar-refractivity contribution is -0.191. The molecule has 2 aliphatic heterocycles. The van der Waals surface area contributed by atoms with Crippen LogP contribution in [0.15, 0.2) is 0 Å². The van der Waals surface area contributed by atoms with Gasteiger partial charge in [0.05, 0.1) is 45.4 Å². The first-order chi connectivity index (χ1) is 23.6. The summed E-state index contributed by atoms with van der Waals surface area (Å²) in [5.74, 6) is -4.22. The van der Waals surface area contributed by atoms with E-state index in [2.05, 4.69) is 18.9 Å². The Morgan fingerprint density at radius 2 is 1.28 bits per heavy atom. The third-order valence-corrected chi connectivity index (χ3v) is 5.55. The molecule has 2 fully saturated rings. The molecule has 2 rings (SSSR count). The van der Waals surface area contributed by atoms with Gasteiger partial charge in [-0.3, -0.25) is 19.2 Å². The molecule has 3 N–H and O–H groups in total. The Morgan fingerprint density at radius 1 is 0.760 bits per heavy atom. The molecule has 0 amide bonds. The first kappa shape index (κ1) is 48.0. The molecule has 0 aromatic carbocycles. The van der Waals surface area contributed by atoms with Gasteiger partial charge in [-0.1, -0.05) is 0 Å². The van der Waals surface area contributed by atoms with E-state index >= 15 is 0 Å². The predicted molar refractivity (Wildman–Crippen MR) is 163 cm³/mol. The lowest BCUT2D eigenvalue weighted by Crippen LogP contribution is -2.40. The zero-order chi connectivity index (χ0) is 38.5. The van der Waals surface area contributed by atoms with E-state index in [4.69, 9.17) is 39.0 Å². The summed E-state index contributed by atoms with van der Waals surface area (Å²) in [6.45, 7) is 4.62. The zero-order valence-corrected chi connectivity index (χ0v) is 28.8. The average molecular weight is 729 g/mol. The summed E-state index contributed by atoms with van der Waals surface area (Å²) in [6, 6.07) is 0. The standard InChI is InChI=1S/C18H30O10.C6H8O4.C4H4O4.C2H6O2/c1-13(9-19)18(23)28-8-5-17(22)27-7-4-6-25-10-15(20)11-26-12-16(21)14(2)24-3;1-3-5(7)10-4(2)6(8)9-3;5-3-1-7-4(6)2-8-3;3-1-2-4/h13-14,19H,4-12H2,1-3H3;3-4H,1-2H3;1-2H2;3-4H,1-2H2. The summed E-state index contributed by atoms with van der Waals surface area (Å²) < 4.78 is 42.4. The first-order valence-corrected chi connectivity index (χ1v) is 15.2. The van der Waals surface area contributed by atoms with Crippen molar-refractivity contribution in [2.45, 2.75) is 58.8 Å². The number of hydrogen-bond donors (Lipinski definition) is 3. The van der Waals surface area contributed by atoms with Gasteiger partial charge in [0.1, 0.15) is 32.5 Å². The monoisotopic (exact) mass is 728 g/mol. The molecule has 0 spiro atoms. The number of ether oxygens (including phenoxy) is 9. The Hall–Kier alpha value is -4.08. The maximum atomic E-state index is 11.5. The van der Waals surface area contributed by atoms with Gasteiger partial charge < -0.3 is 58.0 Å². The highest BCUT2D eigenvalue weighted by atomic mass is 16.6. The molecule has 0 bridgehead atoms. The van der Waals surface area contributed by atoms with Crippen molar-refractivity contribution >= 4 is 47.4 Å². The largest absolute Gasteiger partial charge is 0.465 e. The second-order valence-electron chi connectivity index (χ2n) is 9.93. The van der Waals surface area contributed by atoms with E-state index in [9.17, 15) is 38.4 Å². The van der Waals surface area contributed by atoms with Gasteiger partial charge in [-0.15, -0.1) is 0 Å². The third-order valence-electron chi connectivity index (χ3n) is 5.55. The van der Waals surface area contributed by atoms with Crippen LogP contribution in [0, 0.1) is 5.92 Å². The number of cyclic esters (lactones) is 4. The fraction of sp³-hybridized carbons (Fsp3) is 0.733. The smallest absolute Gasteiger partial charge is 0.347 e. The molecule has 50 heavy (non-hydrogen) atoms. The number of Topliss-reactive ketones (excluding diaryl/α,β-unsaturated/α-hetero) is 2. The fourth-order valence-corrected chi connectivity index (χ4v) is 2.61. The lowest BCUT2D eigenvalue weighted by atomic mass is 10.2. The molecule has 0 aromatic heterocycles. The molecule has 0 aliphatic carbocycles. The van der Waals surface area contributed by atoms with E-state index in [1.165, 1.54) is 27.9 Å². The van der Waals surface area contributed by atoms with Crippen LogP contribution in [0.2, 0.25) is 0 Å². The highest BCUT2D eigenvalue weighted by Crippen LogP contribution is 2.08. The molecule has 4 unspecified atom stereocenters. The van der Waals surface area contributed by atoms with E-state index < -0.39 is 60.0 Å². The van der Waals surface area contributed by atoms with Crippen LogP contribution in [0.5, 0.6) is 0 Å². The topological polar surface area (TPSA) is 280 Å². The van der Waals surface area contributed by atoms with Gasteiger partial charge in [-0.05, 0) is 27.7 Å². The Morgan fingerprint density at radius 3 is 1.74 bits per heavy atom. The third kappa shape index (κ3) is 25.9.